The molecular formula is C17H21N5O3S. The number of carbonyl (C=O) groups is 1. The second-order valence-corrected chi connectivity index (χ2v) is 8.96. The van der Waals surface area contributed by atoms with Gasteiger partial charge in [-0.25, -0.2) is 8.42 Å². The van der Waals surface area contributed by atoms with E-state index in [1.807, 2.05) is 10.7 Å². The number of fused-ring (bicyclic) bond motifs is 1. The van der Waals surface area contributed by atoms with Crippen molar-refractivity contribution in [2.24, 2.45) is 0 Å². The molecule has 0 saturated heterocycles. The van der Waals surface area contributed by atoms with Gasteiger partial charge in [-0.3, -0.25) is 14.5 Å². The van der Waals surface area contributed by atoms with Crippen LogP contribution in [0.2, 0.25) is 0 Å². The van der Waals surface area contributed by atoms with Gasteiger partial charge in [0.15, 0.2) is 0 Å². The van der Waals surface area contributed by atoms with Crippen LogP contribution < -0.4 is 5.32 Å². The van der Waals surface area contributed by atoms with Crippen LogP contribution in [0.5, 0.6) is 0 Å². The first-order valence-electron chi connectivity index (χ1n) is 8.75. The molecule has 0 aromatic carbocycles. The molecule has 0 unspecified atom stereocenters. The third kappa shape index (κ3) is 3.36. The monoisotopic (exact) mass is 375 g/mol. The molecule has 2 aromatic rings. The number of hydrogen-bond donors (Lipinski definition) is 1. The van der Waals surface area contributed by atoms with Crippen LogP contribution in [0.25, 0.3) is 0 Å². The van der Waals surface area contributed by atoms with Gasteiger partial charge in [0, 0.05) is 31.7 Å². The Morgan fingerprint density at radius 3 is 2.85 bits per heavy atom. The second kappa shape index (κ2) is 6.81. The fourth-order valence-electron chi connectivity index (χ4n) is 3.29. The average molecular weight is 375 g/mol. The summed E-state index contributed by atoms with van der Waals surface area (Å²) in [5.41, 5.74) is 1.40. The lowest BCUT2D eigenvalue weighted by molar-refractivity contribution is 0.0949. The highest BCUT2D eigenvalue weighted by Gasteiger charge is 2.42. The van der Waals surface area contributed by atoms with Gasteiger partial charge in [0.1, 0.15) is 0 Å². The molecule has 1 amide bonds. The summed E-state index contributed by atoms with van der Waals surface area (Å²) in [5, 5.41) is 6.99. The molecule has 9 heteroatoms. The number of hydrogen-bond acceptors (Lipinski definition) is 5. The Bertz CT molecular complexity index is 892. The normalized spacial score (nSPS) is 20.5. The van der Waals surface area contributed by atoms with Crippen molar-refractivity contribution in [1.29, 1.82) is 0 Å². The van der Waals surface area contributed by atoms with Crippen molar-refractivity contribution in [2.75, 3.05) is 13.1 Å². The number of nitrogens with one attached hydrogen (secondary N) is 1. The molecule has 1 aliphatic heterocycles. The summed E-state index contributed by atoms with van der Waals surface area (Å²) in [6.07, 6.45) is 6.95. The Labute approximate surface area is 152 Å². The fraction of sp³-hybridized carbons (Fsp3) is 0.471. The minimum Gasteiger partial charge on any atom is -0.352 e. The number of pyridine rings is 1. The van der Waals surface area contributed by atoms with Crippen molar-refractivity contribution in [3.63, 3.8) is 0 Å². The van der Waals surface area contributed by atoms with Gasteiger partial charge < -0.3 is 5.32 Å². The maximum absolute atomic E-state index is 12.6. The predicted molar refractivity (Wildman–Crippen MR) is 94.8 cm³/mol. The van der Waals surface area contributed by atoms with Gasteiger partial charge in [0.2, 0.25) is 10.0 Å². The summed E-state index contributed by atoms with van der Waals surface area (Å²) in [6.45, 7) is 1.21. The minimum atomic E-state index is -3.23. The smallest absolute Gasteiger partial charge is 0.252 e. The second-order valence-electron chi connectivity index (χ2n) is 6.74. The zero-order valence-electron chi connectivity index (χ0n) is 14.3. The molecule has 1 N–H and O–H groups in total. The largest absolute Gasteiger partial charge is 0.352 e. The maximum Gasteiger partial charge on any atom is 0.252 e. The van der Waals surface area contributed by atoms with E-state index in [2.05, 4.69) is 15.4 Å². The van der Waals surface area contributed by atoms with Crippen LogP contribution in [0, 0.1) is 0 Å². The summed E-state index contributed by atoms with van der Waals surface area (Å²) in [4.78, 5) is 16.1. The van der Waals surface area contributed by atoms with Gasteiger partial charge in [0.05, 0.1) is 29.1 Å². The molecule has 1 fully saturated rings. The molecule has 4 rings (SSSR count). The SMILES string of the molecule is O=C(NCC[C@H]1CN(S(=O)(=O)C2CC2)Cc2ccnn21)c1cccnc1. The first-order chi connectivity index (χ1) is 12.6. The van der Waals surface area contributed by atoms with Crippen molar-refractivity contribution in [3.8, 4) is 0 Å². The zero-order chi connectivity index (χ0) is 18.1. The van der Waals surface area contributed by atoms with Crippen molar-refractivity contribution in [1.82, 2.24) is 24.4 Å². The van der Waals surface area contributed by atoms with E-state index in [9.17, 15) is 13.2 Å². The van der Waals surface area contributed by atoms with Gasteiger partial charge in [-0.1, -0.05) is 0 Å². The van der Waals surface area contributed by atoms with E-state index < -0.39 is 10.0 Å². The molecule has 0 bridgehead atoms. The lowest BCUT2D eigenvalue weighted by atomic mass is 10.1. The molecule has 0 spiro atoms. The first-order valence-corrected chi connectivity index (χ1v) is 10.3. The van der Waals surface area contributed by atoms with Crippen LogP contribution in [-0.2, 0) is 16.6 Å². The van der Waals surface area contributed by atoms with E-state index in [0.29, 0.717) is 31.6 Å². The summed E-state index contributed by atoms with van der Waals surface area (Å²) < 4.78 is 28.7. The van der Waals surface area contributed by atoms with E-state index >= 15 is 0 Å². The summed E-state index contributed by atoms with van der Waals surface area (Å²) >= 11 is 0. The number of aromatic nitrogens is 3. The summed E-state index contributed by atoms with van der Waals surface area (Å²) in [5.74, 6) is -0.183. The highest BCUT2D eigenvalue weighted by Crippen LogP contribution is 2.34. The topological polar surface area (TPSA) is 97.2 Å². The van der Waals surface area contributed by atoms with Gasteiger partial charge in [-0.2, -0.15) is 9.40 Å². The third-order valence-corrected chi connectivity index (χ3v) is 7.16. The van der Waals surface area contributed by atoms with Gasteiger partial charge >= 0.3 is 0 Å². The molecule has 138 valence electrons. The van der Waals surface area contributed by atoms with Crippen molar-refractivity contribution in [2.45, 2.75) is 37.1 Å². The minimum absolute atomic E-state index is 0.0866. The molecular weight excluding hydrogens is 354 g/mol. The van der Waals surface area contributed by atoms with Crippen LogP contribution in [-0.4, -0.2) is 51.7 Å². The van der Waals surface area contributed by atoms with E-state index in [-0.39, 0.29) is 17.2 Å². The molecule has 8 nitrogen and oxygen atoms in total. The van der Waals surface area contributed by atoms with E-state index in [1.54, 1.807) is 28.8 Å². The lowest BCUT2D eigenvalue weighted by Crippen LogP contribution is -2.43. The Morgan fingerprint density at radius 1 is 1.27 bits per heavy atom. The number of amides is 1. The van der Waals surface area contributed by atoms with Crippen molar-refractivity contribution < 1.29 is 13.2 Å². The quantitative estimate of drug-likeness (QED) is 0.811. The first kappa shape index (κ1) is 17.2. The highest BCUT2D eigenvalue weighted by molar-refractivity contribution is 7.90. The van der Waals surface area contributed by atoms with Crippen LogP contribution in [0.15, 0.2) is 36.8 Å². The summed E-state index contributed by atoms with van der Waals surface area (Å²) in [6, 6.07) is 5.19. The Hall–Kier alpha value is -2.26. The maximum atomic E-state index is 12.6. The Balaban J connectivity index is 1.41. The van der Waals surface area contributed by atoms with Crippen molar-refractivity contribution in [3.05, 3.63) is 48.0 Å². The lowest BCUT2D eigenvalue weighted by Gasteiger charge is -2.33. The average Bonchev–Trinajstić information content (AvgIpc) is 3.41. The molecule has 3 heterocycles. The number of nitrogens with zero attached hydrogens (tertiary/aromatic N) is 4. The Morgan fingerprint density at radius 2 is 2.12 bits per heavy atom. The molecule has 26 heavy (non-hydrogen) atoms. The van der Waals surface area contributed by atoms with Crippen LogP contribution in [0.4, 0.5) is 0 Å². The highest BCUT2D eigenvalue weighted by atomic mass is 32.2. The summed E-state index contributed by atoms with van der Waals surface area (Å²) in [7, 11) is -3.23. The van der Waals surface area contributed by atoms with Gasteiger partial charge in [-0.05, 0) is 37.5 Å². The molecule has 1 atom stereocenters. The van der Waals surface area contributed by atoms with Crippen LogP contribution in [0.1, 0.15) is 41.4 Å². The van der Waals surface area contributed by atoms with Gasteiger partial charge in [-0.15, -0.1) is 0 Å². The third-order valence-electron chi connectivity index (χ3n) is 4.84. The predicted octanol–water partition coefficient (Wildman–Crippen LogP) is 0.947. The standard InChI is InChI=1S/C17H21N5O3S/c23-17(13-2-1-7-18-10-13)19-8-5-14-11-21(26(24,25)16-3-4-16)12-15-6-9-20-22(14)15/h1-2,6-7,9-10,14,16H,3-5,8,11-12H2,(H,19,23)/t14-/m0/s1. The molecule has 2 aliphatic rings. The fourth-order valence-corrected chi connectivity index (χ4v) is 5.13. The molecule has 1 aliphatic carbocycles. The number of carbonyl (C=O) groups excluding carboxylic acids is 1. The van der Waals surface area contributed by atoms with Crippen LogP contribution >= 0.6 is 0 Å². The van der Waals surface area contributed by atoms with E-state index in [1.165, 1.54) is 6.20 Å². The van der Waals surface area contributed by atoms with Crippen LogP contribution in [0.3, 0.4) is 0 Å². The molecule has 1 saturated carbocycles. The number of rotatable bonds is 6. The Kier molecular flexibility index (Phi) is 4.49. The molecule has 0 radical (unpaired) electrons. The van der Waals surface area contributed by atoms with Crippen molar-refractivity contribution >= 4 is 15.9 Å². The van der Waals surface area contributed by atoms with E-state index in [4.69, 9.17) is 0 Å². The number of sulfonamides is 1. The van der Waals surface area contributed by atoms with Gasteiger partial charge in [0.25, 0.3) is 5.91 Å². The van der Waals surface area contributed by atoms with E-state index in [0.717, 1.165) is 18.5 Å². The molecule has 2 aromatic heterocycles. The zero-order valence-corrected chi connectivity index (χ0v) is 15.1.